The third kappa shape index (κ3) is 2.85. The second-order valence-corrected chi connectivity index (χ2v) is 3.99. The molecule has 0 bridgehead atoms. The molecule has 1 atom stereocenters. The summed E-state index contributed by atoms with van der Waals surface area (Å²) in [7, 11) is 1.88. The standard InChI is InChI=1S/C11H18N6/c1-3-17-5-4-11(15-17)13-7-10(12)9-6-14-16(2)8-9/h4-6,8,10H,3,7,12H2,1-2H3,(H,13,15). The fourth-order valence-electron chi connectivity index (χ4n) is 1.60. The molecule has 0 aliphatic carbocycles. The number of aromatic nitrogens is 4. The molecule has 0 aliphatic rings. The van der Waals surface area contributed by atoms with Crippen molar-refractivity contribution < 1.29 is 0 Å². The zero-order valence-corrected chi connectivity index (χ0v) is 10.2. The zero-order valence-electron chi connectivity index (χ0n) is 10.2. The van der Waals surface area contributed by atoms with Crippen LogP contribution in [0.1, 0.15) is 18.5 Å². The topological polar surface area (TPSA) is 73.7 Å². The summed E-state index contributed by atoms with van der Waals surface area (Å²) in [4.78, 5) is 0. The molecule has 0 aliphatic heterocycles. The quantitative estimate of drug-likeness (QED) is 0.800. The van der Waals surface area contributed by atoms with Crippen LogP contribution in [0.15, 0.2) is 24.7 Å². The maximum atomic E-state index is 6.05. The molecule has 6 heteroatoms. The lowest BCUT2D eigenvalue weighted by Crippen LogP contribution is -2.20. The van der Waals surface area contributed by atoms with Crippen molar-refractivity contribution >= 4 is 5.82 Å². The fourth-order valence-corrected chi connectivity index (χ4v) is 1.60. The van der Waals surface area contributed by atoms with E-state index >= 15 is 0 Å². The largest absolute Gasteiger partial charge is 0.367 e. The molecule has 0 amide bonds. The first-order chi connectivity index (χ1) is 8.19. The van der Waals surface area contributed by atoms with Gasteiger partial charge in [0.2, 0.25) is 0 Å². The van der Waals surface area contributed by atoms with Crippen LogP contribution in [-0.4, -0.2) is 26.1 Å². The smallest absolute Gasteiger partial charge is 0.148 e. The highest BCUT2D eigenvalue weighted by molar-refractivity contribution is 5.33. The third-order valence-electron chi connectivity index (χ3n) is 2.62. The Morgan fingerprint density at radius 3 is 2.94 bits per heavy atom. The van der Waals surface area contributed by atoms with Gasteiger partial charge in [-0.05, 0) is 6.92 Å². The lowest BCUT2D eigenvalue weighted by atomic mass is 10.2. The van der Waals surface area contributed by atoms with E-state index in [1.807, 2.05) is 30.2 Å². The number of rotatable bonds is 5. The normalized spacial score (nSPS) is 12.6. The van der Waals surface area contributed by atoms with Gasteiger partial charge in [0.1, 0.15) is 5.82 Å². The van der Waals surface area contributed by atoms with Gasteiger partial charge in [-0.25, -0.2) is 0 Å². The van der Waals surface area contributed by atoms with Crippen molar-refractivity contribution in [3.8, 4) is 0 Å². The van der Waals surface area contributed by atoms with Crippen molar-refractivity contribution in [3.63, 3.8) is 0 Å². The molecular formula is C11H18N6. The van der Waals surface area contributed by atoms with Crippen molar-refractivity contribution in [1.29, 1.82) is 0 Å². The van der Waals surface area contributed by atoms with Crippen LogP contribution in [0.5, 0.6) is 0 Å². The van der Waals surface area contributed by atoms with Gasteiger partial charge in [0.15, 0.2) is 0 Å². The van der Waals surface area contributed by atoms with Gasteiger partial charge in [-0.1, -0.05) is 0 Å². The molecule has 2 heterocycles. The van der Waals surface area contributed by atoms with E-state index in [0.717, 1.165) is 17.9 Å². The summed E-state index contributed by atoms with van der Waals surface area (Å²) in [6.45, 7) is 3.57. The highest BCUT2D eigenvalue weighted by atomic mass is 15.3. The molecule has 0 radical (unpaired) electrons. The molecule has 2 rings (SSSR count). The molecule has 0 saturated heterocycles. The third-order valence-corrected chi connectivity index (χ3v) is 2.62. The Morgan fingerprint density at radius 2 is 2.35 bits per heavy atom. The van der Waals surface area contributed by atoms with Crippen molar-refractivity contribution in [2.75, 3.05) is 11.9 Å². The van der Waals surface area contributed by atoms with E-state index in [0.29, 0.717) is 6.54 Å². The molecular weight excluding hydrogens is 216 g/mol. The minimum Gasteiger partial charge on any atom is -0.367 e. The zero-order chi connectivity index (χ0) is 12.3. The summed E-state index contributed by atoms with van der Waals surface area (Å²) < 4.78 is 3.62. The van der Waals surface area contributed by atoms with E-state index in [-0.39, 0.29) is 6.04 Å². The monoisotopic (exact) mass is 234 g/mol. The lowest BCUT2D eigenvalue weighted by molar-refractivity contribution is 0.659. The summed E-state index contributed by atoms with van der Waals surface area (Å²) in [6.07, 6.45) is 5.66. The lowest BCUT2D eigenvalue weighted by Gasteiger charge is -2.09. The van der Waals surface area contributed by atoms with E-state index in [2.05, 4.69) is 22.4 Å². The predicted octanol–water partition coefficient (Wildman–Crippen LogP) is 0.748. The van der Waals surface area contributed by atoms with Gasteiger partial charge in [0.25, 0.3) is 0 Å². The number of nitrogens with one attached hydrogen (secondary N) is 1. The molecule has 3 N–H and O–H groups in total. The molecule has 2 aromatic heterocycles. The van der Waals surface area contributed by atoms with Gasteiger partial charge >= 0.3 is 0 Å². The minimum atomic E-state index is -0.0736. The number of anilines is 1. The van der Waals surface area contributed by atoms with E-state index < -0.39 is 0 Å². The van der Waals surface area contributed by atoms with Gasteiger partial charge in [0.05, 0.1) is 12.2 Å². The summed E-state index contributed by atoms with van der Waals surface area (Å²) in [5, 5.41) is 11.6. The van der Waals surface area contributed by atoms with E-state index in [1.54, 1.807) is 10.9 Å². The first-order valence-electron chi connectivity index (χ1n) is 5.70. The summed E-state index contributed by atoms with van der Waals surface area (Å²) in [5.74, 6) is 0.853. The summed E-state index contributed by atoms with van der Waals surface area (Å²) in [5.41, 5.74) is 7.07. The first kappa shape index (κ1) is 11.7. The Labute approximate surface area is 100 Å². The van der Waals surface area contributed by atoms with Gasteiger partial charge < -0.3 is 11.1 Å². The average Bonchev–Trinajstić information content (AvgIpc) is 2.94. The Balaban J connectivity index is 1.89. The summed E-state index contributed by atoms with van der Waals surface area (Å²) >= 11 is 0. The van der Waals surface area contributed by atoms with Gasteiger partial charge in [-0.15, -0.1) is 0 Å². The molecule has 17 heavy (non-hydrogen) atoms. The Bertz CT molecular complexity index is 472. The molecule has 0 aromatic carbocycles. The van der Waals surface area contributed by atoms with Crippen LogP contribution in [0, 0.1) is 0 Å². The van der Waals surface area contributed by atoms with Gasteiger partial charge in [-0.2, -0.15) is 10.2 Å². The average molecular weight is 234 g/mol. The van der Waals surface area contributed by atoms with Crippen LogP contribution in [0.25, 0.3) is 0 Å². The van der Waals surface area contributed by atoms with E-state index in [1.165, 1.54) is 0 Å². The second-order valence-electron chi connectivity index (χ2n) is 3.99. The fraction of sp³-hybridized carbons (Fsp3) is 0.455. The molecule has 2 aromatic rings. The van der Waals surface area contributed by atoms with E-state index in [4.69, 9.17) is 5.73 Å². The second kappa shape index (κ2) is 5.01. The number of aryl methyl sites for hydroxylation is 2. The van der Waals surface area contributed by atoms with Crippen molar-refractivity contribution in [1.82, 2.24) is 19.6 Å². The highest BCUT2D eigenvalue weighted by Gasteiger charge is 2.08. The van der Waals surface area contributed by atoms with Crippen molar-refractivity contribution in [3.05, 3.63) is 30.2 Å². The van der Waals surface area contributed by atoms with Crippen LogP contribution in [0.4, 0.5) is 5.82 Å². The van der Waals surface area contributed by atoms with Crippen LogP contribution in [-0.2, 0) is 13.6 Å². The van der Waals surface area contributed by atoms with Crippen LogP contribution >= 0.6 is 0 Å². The SMILES string of the molecule is CCn1ccc(NCC(N)c2cnn(C)c2)n1. The number of nitrogens with zero attached hydrogens (tertiary/aromatic N) is 4. The Morgan fingerprint density at radius 1 is 1.53 bits per heavy atom. The Kier molecular flexibility index (Phi) is 3.43. The van der Waals surface area contributed by atoms with Gasteiger partial charge in [-0.3, -0.25) is 9.36 Å². The number of hydrogen-bond donors (Lipinski definition) is 2. The number of hydrogen-bond acceptors (Lipinski definition) is 4. The van der Waals surface area contributed by atoms with Crippen LogP contribution in [0.3, 0.4) is 0 Å². The minimum absolute atomic E-state index is 0.0736. The molecule has 6 nitrogen and oxygen atoms in total. The van der Waals surface area contributed by atoms with E-state index in [9.17, 15) is 0 Å². The predicted molar refractivity (Wildman–Crippen MR) is 66.5 cm³/mol. The maximum Gasteiger partial charge on any atom is 0.148 e. The maximum absolute atomic E-state index is 6.05. The molecule has 0 fully saturated rings. The molecule has 92 valence electrons. The Hall–Kier alpha value is -1.82. The van der Waals surface area contributed by atoms with Crippen molar-refractivity contribution in [2.24, 2.45) is 12.8 Å². The highest BCUT2D eigenvalue weighted by Crippen LogP contribution is 2.10. The number of nitrogens with two attached hydrogens (primary N) is 1. The van der Waals surface area contributed by atoms with Crippen LogP contribution < -0.4 is 11.1 Å². The van der Waals surface area contributed by atoms with Gasteiger partial charge in [0, 0.05) is 44.2 Å². The molecule has 0 saturated carbocycles. The molecule has 0 spiro atoms. The first-order valence-corrected chi connectivity index (χ1v) is 5.70. The molecule has 1 unspecified atom stereocenters. The van der Waals surface area contributed by atoms with Crippen LogP contribution in [0.2, 0.25) is 0 Å². The summed E-state index contributed by atoms with van der Waals surface area (Å²) in [6, 6.07) is 1.87. The van der Waals surface area contributed by atoms with Crippen molar-refractivity contribution in [2.45, 2.75) is 19.5 Å².